The summed E-state index contributed by atoms with van der Waals surface area (Å²) < 4.78 is 13.3. The number of rotatable bonds is 3. The van der Waals surface area contributed by atoms with Crippen molar-refractivity contribution in [2.75, 3.05) is 0 Å². The molecular weight excluding hydrogens is 219 g/mol. The molecule has 0 fully saturated rings. The van der Waals surface area contributed by atoms with Gasteiger partial charge in [-0.3, -0.25) is 4.79 Å². The van der Waals surface area contributed by atoms with Gasteiger partial charge in [-0.25, -0.2) is 4.39 Å². The van der Waals surface area contributed by atoms with Gasteiger partial charge in [0.15, 0.2) is 0 Å². The summed E-state index contributed by atoms with van der Waals surface area (Å²) in [7, 11) is 0. The van der Waals surface area contributed by atoms with E-state index in [0.717, 1.165) is 0 Å². The zero-order chi connectivity index (χ0) is 13.1. The Morgan fingerprint density at radius 2 is 2.00 bits per heavy atom. The van der Waals surface area contributed by atoms with E-state index in [2.05, 4.69) is 5.32 Å². The zero-order valence-electron chi connectivity index (χ0n) is 10.5. The average Bonchev–Trinajstić information content (AvgIpc) is 2.25. The maximum atomic E-state index is 13.3. The second-order valence-electron chi connectivity index (χ2n) is 5.15. The van der Waals surface area contributed by atoms with Gasteiger partial charge in [-0.05, 0) is 11.5 Å². The molecule has 1 aromatic rings. The van der Waals surface area contributed by atoms with Gasteiger partial charge in [0, 0.05) is 12.1 Å². The minimum Gasteiger partial charge on any atom is -0.351 e. The van der Waals surface area contributed by atoms with E-state index in [1.165, 1.54) is 6.07 Å². The van der Waals surface area contributed by atoms with Crippen molar-refractivity contribution in [1.82, 2.24) is 5.32 Å². The summed E-state index contributed by atoms with van der Waals surface area (Å²) in [5.74, 6) is -0.585. The van der Waals surface area contributed by atoms with Gasteiger partial charge in [-0.15, -0.1) is 0 Å². The van der Waals surface area contributed by atoms with Crippen LogP contribution in [0.5, 0.6) is 0 Å². The quantitative estimate of drug-likeness (QED) is 0.844. The summed E-state index contributed by atoms with van der Waals surface area (Å²) in [5.41, 5.74) is 5.94. The van der Waals surface area contributed by atoms with Crippen LogP contribution in [-0.4, -0.2) is 11.9 Å². The molecule has 0 aliphatic heterocycles. The fourth-order valence-electron chi connectivity index (χ4n) is 1.33. The van der Waals surface area contributed by atoms with E-state index in [1.807, 2.05) is 20.8 Å². The van der Waals surface area contributed by atoms with E-state index in [9.17, 15) is 9.18 Å². The third-order valence-corrected chi connectivity index (χ3v) is 2.63. The number of carbonyl (C=O) groups is 1. The number of carbonyl (C=O) groups excluding carboxylic acids is 1. The Morgan fingerprint density at radius 3 is 2.53 bits per heavy atom. The molecule has 0 aliphatic rings. The lowest BCUT2D eigenvalue weighted by molar-refractivity contribution is -0.124. The van der Waals surface area contributed by atoms with Gasteiger partial charge in [0.25, 0.3) is 0 Å². The molecule has 0 aliphatic carbocycles. The number of nitrogens with one attached hydrogen (secondary N) is 1. The van der Waals surface area contributed by atoms with E-state index in [-0.39, 0.29) is 23.7 Å². The number of hydrogen-bond donors (Lipinski definition) is 2. The molecule has 0 radical (unpaired) electrons. The Morgan fingerprint density at radius 1 is 1.41 bits per heavy atom. The second-order valence-corrected chi connectivity index (χ2v) is 5.15. The Hall–Kier alpha value is -1.42. The fraction of sp³-hybridized carbons (Fsp3) is 0.462. The summed E-state index contributed by atoms with van der Waals surface area (Å²) in [5, 5.41) is 2.64. The summed E-state index contributed by atoms with van der Waals surface area (Å²) in [6.45, 7) is 5.83. The molecule has 17 heavy (non-hydrogen) atoms. The van der Waals surface area contributed by atoms with E-state index in [0.29, 0.717) is 5.56 Å². The van der Waals surface area contributed by atoms with Crippen LogP contribution in [0.15, 0.2) is 24.3 Å². The number of nitrogens with two attached hydrogens (primary N) is 1. The van der Waals surface area contributed by atoms with E-state index in [1.54, 1.807) is 18.2 Å². The third-order valence-electron chi connectivity index (χ3n) is 2.63. The minimum absolute atomic E-state index is 0.162. The molecule has 0 spiro atoms. The van der Waals surface area contributed by atoms with Gasteiger partial charge in [-0.1, -0.05) is 39.0 Å². The Labute approximate surface area is 101 Å². The van der Waals surface area contributed by atoms with Crippen LogP contribution >= 0.6 is 0 Å². The van der Waals surface area contributed by atoms with Gasteiger partial charge >= 0.3 is 0 Å². The largest absolute Gasteiger partial charge is 0.351 e. The van der Waals surface area contributed by atoms with Crippen LogP contribution < -0.4 is 11.1 Å². The Kier molecular flexibility index (Phi) is 4.23. The molecule has 4 heteroatoms. The number of halogens is 1. The molecule has 0 saturated carbocycles. The molecule has 0 bridgehead atoms. The van der Waals surface area contributed by atoms with Gasteiger partial charge in [0.1, 0.15) is 5.82 Å². The molecule has 1 atom stereocenters. The zero-order valence-corrected chi connectivity index (χ0v) is 10.5. The average molecular weight is 238 g/mol. The van der Waals surface area contributed by atoms with Crippen molar-refractivity contribution in [2.24, 2.45) is 11.1 Å². The summed E-state index contributed by atoms with van der Waals surface area (Å²) in [6.07, 6.45) is 0. The van der Waals surface area contributed by atoms with Crippen molar-refractivity contribution >= 4 is 5.91 Å². The smallest absolute Gasteiger partial charge is 0.237 e. The van der Waals surface area contributed by atoms with Crippen molar-refractivity contribution in [3.8, 4) is 0 Å². The number of amides is 1. The van der Waals surface area contributed by atoms with Crippen LogP contribution in [0.1, 0.15) is 26.3 Å². The normalized spacial score (nSPS) is 13.2. The van der Waals surface area contributed by atoms with Crippen LogP contribution in [0.3, 0.4) is 0 Å². The molecule has 1 amide bonds. The van der Waals surface area contributed by atoms with Crippen molar-refractivity contribution in [1.29, 1.82) is 0 Å². The summed E-state index contributed by atoms with van der Waals surface area (Å²) in [4.78, 5) is 11.7. The van der Waals surface area contributed by atoms with Gasteiger partial charge in [0.05, 0.1) is 6.04 Å². The van der Waals surface area contributed by atoms with E-state index < -0.39 is 6.04 Å². The van der Waals surface area contributed by atoms with Crippen molar-refractivity contribution in [3.05, 3.63) is 35.6 Å². The van der Waals surface area contributed by atoms with Gasteiger partial charge in [0.2, 0.25) is 5.91 Å². The first-order valence-electron chi connectivity index (χ1n) is 5.59. The maximum absolute atomic E-state index is 13.3. The van der Waals surface area contributed by atoms with Crippen LogP contribution in [0.4, 0.5) is 4.39 Å². The van der Waals surface area contributed by atoms with Crippen LogP contribution in [0.2, 0.25) is 0 Å². The highest BCUT2D eigenvalue weighted by Gasteiger charge is 2.27. The molecule has 94 valence electrons. The van der Waals surface area contributed by atoms with E-state index in [4.69, 9.17) is 5.73 Å². The molecule has 1 aromatic carbocycles. The first-order valence-corrected chi connectivity index (χ1v) is 5.59. The van der Waals surface area contributed by atoms with Crippen LogP contribution in [-0.2, 0) is 11.3 Å². The molecular formula is C13H19FN2O. The first kappa shape index (κ1) is 13.6. The highest BCUT2D eigenvalue weighted by atomic mass is 19.1. The van der Waals surface area contributed by atoms with Crippen molar-refractivity contribution in [3.63, 3.8) is 0 Å². The summed E-state index contributed by atoms with van der Waals surface area (Å²) in [6, 6.07) is 5.74. The molecule has 0 saturated heterocycles. The van der Waals surface area contributed by atoms with Gasteiger partial charge in [-0.2, -0.15) is 0 Å². The lowest BCUT2D eigenvalue weighted by atomic mass is 9.87. The Bertz CT molecular complexity index is 399. The van der Waals surface area contributed by atoms with Crippen LogP contribution in [0.25, 0.3) is 0 Å². The maximum Gasteiger partial charge on any atom is 0.237 e. The Balaban J connectivity index is 2.58. The van der Waals surface area contributed by atoms with E-state index >= 15 is 0 Å². The first-order chi connectivity index (χ1) is 7.82. The molecule has 0 heterocycles. The van der Waals surface area contributed by atoms with Gasteiger partial charge < -0.3 is 11.1 Å². The van der Waals surface area contributed by atoms with Crippen LogP contribution in [0, 0.1) is 11.2 Å². The van der Waals surface area contributed by atoms with Crippen molar-refractivity contribution in [2.45, 2.75) is 33.4 Å². The predicted octanol–water partition coefficient (Wildman–Crippen LogP) is 1.82. The monoisotopic (exact) mass is 238 g/mol. The molecule has 3 N–H and O–H groups in total. The highest BCUT2D eigenvalue weighted by molar-refractivity contribution is 5.82. The highest BCUT2D eigenvalue weighted by Crippen LogP contribution is 2.17. The predicted molar refractivity (Wildman–Crippen MR) is 65.7 cm³/mol. The molecule has 1 rings (SSSR count). The lowest BCUT2D eigenvalue weighted by Crippen LogP contribution is -2.48. The minimum atomic E-state index is -0.603. The third kappa shape index (κ3) is 3.82. The molecule has 0 aromatic heterocycles. The molecule has 3 nitrogen and oxygen atoms in total. The fourth-order valence-corrected chi connectivity index (χ4v) is 1.33. The SMILES string of the molecule is CC(C)(C)[C@H](N)C(=O)NCc1ccccc1F. The van der Waals surface area contributed by atoms with Crippen molar-refractivity contribution < 1.29 is 9.18 Å². The topological polar surface area (TPSA) is 55.1 Å². The molecule has 0 unspecified atom stereocenters. The number of hydrogen-bond acceptors (Lipinski definition) is 2. The lowest BCUT2D eigenvalue weighted by Gasteiger charge is -2.25. The summed E-state index contributed by atoms with van der Waals surface area (Å²) >= 11 is 0. The standard InChI is InChI=1S/C13H19FN2O/c1-13(2,3)11(15)12(17)16-8-9-6-4-5-7-10(9)14/h4-7,11H,8,15H2,1-3H3,(H,16,17)/t11-/m1/s1. The second kappa shape index (κ2) is 5.27. The number of benzene rings is 1.